The third-order valence-electron chi connectivity index (χ3n) is 2.87. The van der Waals surface area contributed by atoms with E-state index in [4.69, 9.17) is 5.73 Å². The molecule has 0 spiro atoms. The van der Waals surface area contributed by atoms with Crippen molar-refractivity contribution in [3.05, 3.63) is 15.6 Å². The molecule has 1 aromatic rings. The van der Waals surface area contributed by atoms with E-state index in [0.29, 0.717) is 5.92 Å². The topological polar surface area (TPSA) is 38.9 Å². The van der Waals surface area contributed by atoms with Crippen LogP contribution in [0.3, 0.4) is 0 Å². The van der Waals surface area contributed by atoms with Crippen molar-refractivity contribution >= 4 is 11.3 Å². The molecule has 1 aliphatic rings. The van der Waals surface area contributed by atoms with Crippen LogP contribution in [-0.2, 0) is 12.8 Å². The van der Waals surface area contributed by atoms with Crippen LogP contribution in [0.4, 0.5) is 0 Å². The molecule has 0 fully saturated rings. The lowest BCUT2D eigenvalue weighted by Gasteiger charge is -2.11. The Hall–Kier alpha value is -0.410. The predicted molar refractivity (Wildman–Crippen MR) is 60.5 cm³/mol. The molecule has 2 nitrogen and oxygen atoms in total. The number of hydrogen-bond donors (Lipinski definition) is 1. The lowest BCUT2D eigenvalue weighted by Crippen LogP contribution is -2.16. The molecular weight excluding hydrogens is 192 g/mol. The van der Waals surface area contributed by atoms with Gasteiger partial charge in [-0.25, -0.2) is 4.98 Å². The van der Waals surface area contributed by atoms with Crippen molar-refractivity contribution in [1.82, 2.24) is 4.98 Å². The summed E-state index contributed by atoms with van der Waals surface area (Å²) in [5.41, 5.74) is 7.42. The standard InChI is InChI=1S/C11H18N2S/c1-7(2)10(12)11-13-8-5-3-4-6-9(8)14-11/h7,10H,3-6,12H2,1-2H3. The lowest BCUT2D eigenvalue weighted by molar-refractivity contribution is 0.510. The SMILES string of the molecule is CC(C)C(N)c1nc2c(s1)CCCC2. The fourth-order valence-electron chi connectivity index (χ4n) is 1.80. The van der Waals surface area contributed by atoms with Gasteiger partial charge in [-0.05, 0) is 31.6 Å². The number of nitrogens with two attached hydrogens (primary N) is 1. The van der Waals surface area contributed by atoms with Gasteiger partial charge in [-0.3, -0.25) is 0 Å². The Kier molecular flexibility index (Phi) is 2.88. The van der Waals surface area contributed by atoms with Gasteiger partial charge < -0.3 is 5.73 Å². The van der Waals surface area contributed by atoms with Crippen LogP contribution < -0.4 is 5.73 Å². The van der Waals surface area contributed by atoms with Crippen molar-refractivity contribution in [2.45, 2.75) is 45.6 Å². The van der Waals surface area contributed by atoms with Crippen molar-refractivity contribution < 1.29 is 0 Å². The summed E-state index contributed by atoms with van der Waals surface area (Å²) in [5, 5.41) is 1.15. The normalized spacial score (nSPS) is 18.3. The molecule has 0 bridgehead atoms. The summed E-state index contributed by atoms with van der Waals surface area (Å²) in [6, 6.07) is 0.130. The number of rotatable bonds is 2. The van der Waals surface area contributed by atoms with Gasteiger partial charge in [-0.2, -0.15) is 0 Å². The highest BCUT2D eigenvalue weighted by atomic mass is 32.1. The van der Waals surface area contributed by atoms with Gasteiger partial charge in [0, 0.05) is 4.88 Å². The molecule has 0 saturated heterocycles. The van der Waals surface area contributed by atoms with Crippen LogP contribution in [0, 0.1) is 5.92 Å². The maximum absolute atomic E-state index is 6.10. The molecule has 1 aliphatic carbocycles. The molecule has 1 heterocycles. The molecular formula is C11H18N2S. The average Bonchev–Trinajstić information content (AvgIpc) is 2.59. The first kappa shape index (κ1) is 10.1. The Balaban J connectivity index is 2.23. The summed E-state index contributed by atoms with van der Waals surface area (Å²) in [4.78, 5) is 6.15. The van der Waals surface area contributed by atoms with Crippen molar-refractivity contribution in [3.8, 4) is 0 Å². The minimum atomic E-state index is 0.130. The molecule has 0 aliphatic heterocycles. The maximum Gasteiger partial charge on any atom is 0.110 e. The van der Waals surface area contributed by atoms with E-state index < -0.39 is 0 Å². The number of fused-ring (bicyclic) bond motifs is 1. The van der Waals surface area contributed by atoms with Crippen molar-refractivity contribution in [2.24, 2.45) is 11.7 Å². The molecule has 14 heavy (non-hydrogen) atoms. The number of thiazole rings is 1. The van der Waals surface area contributed by atoms with Crippen molar-refractivity contribution in [1.29, 1.82) is 0 Å². The highest BCUT2D eigenvalue weighted by molar-refractivity contribution is 7.11. The van der Waals surface area contributed by atoms with Crippen LogP contribution >= 0.6 is 11.3 Å². The van der Waals surface area contributed by atoms with Crippen LogP contribution in [0.2, 0.25) is 0 Å². The number of nitrogens with zero attached hydrogens (tertiary/aromatic N) is 1. The molecule has 0 radical (unpaired) electrons. The second-order valence-electron chi connectivity index (χ2n) is 4.40. The quantitative estimate of drug-likeness (QED) is 0.815. The van der Waals surface area contributed by atoms with E-state index in [1.807, 2.05) is 11.3 Å². The first-order valence-electron chi connectivity index (χ1n) is 5.42. The summed E-state index contributed by atoms with van der Waals surface area (Å²) in [5.74, 6) is 0.489. The molecule has 0 amide bonds. The minimum Gasteiger partial charge on any atom is -0.322 e. The molecule has 1 unspecified atom stereocenters. The lowest BCUT2D eigenvalue weighted by atomic mass is 10.0. The third kappa shape index (κ3) is 1.84. The smallest absolute Gasteiger partial charge is 0.110 e. The molecule has 1 aromatic heterocycles. The van der Waals surface area contributed by atoms with Gasteiger partial charge in [0.05, 0.1) is 11.7 Å². The van der Waals surface area contributed by atoms with Crippen LogP contribution in [0.25, 0.3) is 0 Å². The van der Waals surface area contributed by atoms with Crippen LogP contribution in [0.5, 0.6) is 0 Å². The largest absolute Gasteiger partial charge is 0.322 e. The summed E-state index contributed by atoms with van der Waals surface area (Å²) >= 11 is 1.84. The Bertz CT molecular complexity index is 294. The summed E-state index contributed by atoms with van der Waals surface area (Å²) < 4.78 is 0. The van der Waals surface area contributed by atoms with Gasteiger partial charge in [-0.15, -0.1) is 11.3 Å². The first-order chi connectivity index (χ1) is 6.68. The van der Waals surface area contributed by atoms with E-state index in [1.54, 1.807) is 0 Å². The van der Waals surface area contributed by atoms with Gasteiger partial charge in [0.1, 0.15) is 5.01 Å². The average molecular weight is 210 g/mol. The molecule has 2 rings (SSSR count). The van der Waals surface area contributed by atoms with Gasteiger partial charge in [-0.1, -0.05) is 13.8 Å². The fourth-order valence-corrected chi connectivity index (χ4v) is 3.13. The maximum atomic E-state index is 6.10. The Morgan fingerprint density at radius 1 is 1.29 bits per heavy atom. The highest BCUT2D eigenvalue weighted by Gasteiger charge is 2.20. The minimum absolute atomic E-state index is 0.130. The van der Waals surface area contributed by atoms with Crippen LogP contribution in [-0.4, -0.2) is 4.98 Å². The monoisotopic (exact) mass is 210 g/mol. The highest BCUT2D eigenvalue weighted by Crippen LogP contribution is 2.31. The van der Waals surface area contributed by atoms with Gasteiger partial charge in [0.2, 0.25) is 0 Å². The zero-order chi connectivity index (χ0) is 10.1. The number of aryl methyl sites for hydroxylation is 2. The van der Waals surface area contributed by atoms with Gasteiger partial charge >= 0.3 is 0 Å². The Labute approximate surface area is 89.5 Å². The third-order valence-corrected chi connectivity index (χ3v) is 4.12. The van der Waals surface area contributed by atoms with Gasteiger partial charge in [0.15, 0.2) is 0 Å². The predicted octanol–water partition coefficient (Wildman–Crippen LogP) is 2.68. The fraction of sp³-hybridized carbons (Fsp3) is 0.727. The second kappa shape index (κ2) is 3.99. The molecule has 0 aromatic carbocycles. The van der Waals surface area contributed by atoms with Crippen molar-refractivity contribution in [2.75, 3.05) is 0 Å². The van der Waals surface area contributed by atoms with Crippen LogP contribution in [0.15, 0.2) is 0 Å². The van der Waals surface area contributed by atoms with Crippen molar-refractivity contribution in [3.63, 3.8) is 0 Å². The Morgan fingerprint density at radius 3 is 2.64 bits per heavy atom. The summed E-state index contributed by atoms with van der Waals surface area (Å²) in [6.45, 7) is 4.32. The zero-order valence-corrected chi connectivity index (χ0v) is 9.73. The second-order valence-corrected chi connectivity index (χ2v) is 5.51. The van der Waals surface area contributed by atoms with Crippen LogP contribution in [0.1, 0.15) is 48.3 Å². The molecule has 2 N–H and O–H groups in total. The van der Waals surface area contributed by atoms with E-state index in [-0.39, 0.29) is 6.04 Å². The first-order valence-corrected chi connectivity index (χ1v) is 6.24. The van der Waals surface area contributed by atoms with E-state index in [0.717, 1.165) is 11.4 Å². The summed E-state index contributed by atoms with van der Waals surface area (Å²) in [6.07, 6.45) is 5.01. The number of aromatic nitrogens is 1. The van der Waals surface area contributed by atoms with E-state index >= 15 is 0 Å². The molecule has 1 atom stereocenters. The molecule has 0 saturated carbocycles. The zero-order valence-electron chi connectivity index (χ0n) is 8.92. The van der Waals surface area contributed by atoms with E-state index in [1.165, 1.54) is 29.8 Å². The van der Waals surface area contributed by atoms with Gasteiger partial charge in [0.25, 0.3) is 0 Å². The van der Waals surface area contributed by atoms with E-state index in [2.05, 4.69) is 18.8 Å². The number of hydrogen-bond acceptors (Lipinski definition) is 3. The Morgan fingerprint density at radius 2 is 2.00 bits per heavy atom. The molecule has 78 valence electrons. The summed E-state index contributed by atoms with van der Waals surface area (Å²) in [7, 11) is 0. The molecule has 3 heteroatoms. The van der Waals surface area contributed by atoms with E-state index in [9.17, 15) is 0 Å².